The molecule has 2 aliphatic heterocycles. The van der Waals surface area contributed by atoms with Gasteiger partial charge in [-0.2, -0.15) is 4.31 Å². The largest absolute Gasteiger partial charge is 0.361 e. The number of anilines is 1. The standard InChI is InChI=1S/C18H21N3O4S/c1-13-12-16(19-25-13)17-4-2-11-21(17)26(23,24)15-8-6-14(7-9-15)20-10-3-5-18(20)22/h6-9,12,17H,2-5,10-11H2,1H3. The predicted molar refractivity (Wildman–Crippen MR) is 95.1 cm³/mol. The van der Waals surface area contributed by atoms with Crippen molar-refractivity contribution in [3.05, 3.63) is 41.8 Å². The first-order valence-electron chi connectivity index (χ1n) is 8.82. The molecule has 8 heteroatoms. The van der Waals surface area contributed by atoms with Crippen LogP contribution in [0.15, 0.2) is 39.8 Å². The van der Waals surface area contributed by atoms with Gasteiger partial charge in [-0.1, -0.05) is 5.16 Å². The number of aryl methyl sites for hydroxylation is 1. The van der Waals surface area contributed by atoms with Crippen molar-refractivity contribution in [2.75, 3.05) is 18.0 Å². The summed E-state index contributed by atoms with van der Waals surface area (Å²) in [6.45, 7) is 2.94. The van der Waals surface area contributed by atoms with Crippen LogP contribution < -0.4 is 4.90 Å². The highest BCUT2D eigenvalue weighted by molar-refractivity contribution is 7.89. The zero-order valence-corrected chi connectivity index (χ0v) is 15.4. The summed E-state index contributed by atoms with van der Waals surface area (Å²) in [5.41, 5.74) is 1.40. The van der Waals surface area contributed by atoms with E-state index in [1.54, 1.807) is 42.2 Å². The molecule has 4 rings (SSSR count). The van der Waals surface area contributed by atoms with Crippen molar-refractivity contribution < 1.29 is 17.7 Å². The number of carbonyl (C=O) groups excluding carboxylic acids is 1. The molecular formula is C18H21N3O4S. The zero-order chi connectivity index (χ0) is 18.3. The van der Waals surface area contributed by atoms with Gasteiger partial charge in [0.15, 0.2) is 0 Å². The molecule has 1 atom stereocenters. The van der Waals surface area contributed by atoms with E-state index in [4.69, 9.17) is 4.52 Å². The molecule has 1 amide bonds. The zero-order valence-electron chi connectivity index (χ0n) is 14.6. The van der Waals surface area contributed by atoms with Gasteiger partial charge in [-0.15, -0.1) is 0 Å². The number of benzene rings is 1. The molecule has 26 heavy (non-hydrogen) atoms. The van der Waals surface area contributed by atoms with Gasteiger partial charge >= 0.3 is 0 Å². The van der Waals surface area contributed by atoms with Gasteiger partial charge < -0.3 is 9.42 Å². The molecule has 2 fully saturated rings. The fraction of sp³-hybridized carbons (Fsp3) is 0.444. The highest BCUT2D eigenvalue weighted by atomic mass is 32.2. The van der Waals surface area contributed by atoms with Gasteiger partial charge in [-0.25, -0.2) is 8.42 Å². The van der Waals surface area contributed by atoms with Gasteiger partial charge in [0.2, 0.25) is 15.9 Å². The van der Waals surface area contributed by atoms with Crippen LogP contribution in [0.1, 0.15) is 43.2 Å². The Bertz CT molecular complexity index is 920. The average molecular weight is 375 g/mol. The molecule has 1 aromatic carbocycles. The lowest BCUT2D eigenvalue weighted by Crippen LogP contribution is -2.31. The summed E-state index contributed by atoms with van der Waals surface area (Å²) in [6, 6.07) is 8.08. The quantitative estimate of drug-likeness (QED) is 0.820. The third kappa shape index (κ3) is 2.93. The Labute approximate surface area is 152 Å². The van der Waals surface area contributed by atoms with Crippen molar-refractivity contribution in [2.45, 2.75) is 43.5 Å². The Hall–Kier alpha value is -2.19. The van der Waals surface area contributed by atoms with E-state index in [0.29, 0.717) is 31.0 Å². The molecule has 2 aromatic rings. The SMILES string of the molecule is Cc1cc(C2CCCN2S(=O)(=O)c2ccc(N3CCCC3=O)cc2)no1. The fourth-order valence-electron chi connectivity index (χ4n) is 3.72. The van der Waals surface area contributed by atoms with Gasteiger partial charge in [0.05, 0.1) is 10.9 Å². The van der Waals surface area contributed by atoms with Crippen molar-refractivity contribution in [3.8, 4) is 0 Å². The smallest absolute Gasteiger partial charge is 0.243 e. The topological polar surface area (TPSA) is 83.7 Å². The van der Waals surface area contributed by atoms with Crippen LogP contribution in [0.4, 0.5) is 5.69 Å². The molecule has 3 heterocycles. The molecule has 7 nitrogen and oxygen atoms in total. The van der Waals surface area contributed by atoms with Gasteiger partial charge in [-0.3, -0.25) is 4.79 Å². The van der Waals surface area contributed by atoms with E-state index in [1.165, 1.54) is 4.31 Å². The third-order valence-electron chi connectivity index (χ3n) is 5.02. The van der Waals surface area contributed by atoms with Gasteiger partial charge in [0, 0.05) is 31.3 Å². The van der Waals surface area contributed by atoms with Crippen LogP contribution in [-0.4, -0.2) is 36.9 Å². The fourth-order valence-corrected chi connectivity index (χ4v) is 5.39. The van der Waals surface area contributed by atoms with Crippen molar-refractivity contribution in [1.29, 1.82) is 0 Å². The second-order valence-corrected chi connectivity index (χ2v) is 8.67. The molecule has 0 radical (unpaired) electrons. The maximum Gasteiger partial charge on any atom is 0.243 e. The van der Waals surface area contributed by atoms with E-state index >= 15 is 0 Å². The van der Waals surface area contributed by atoms with Crippen molar-refractivity contribution >= 4 is 21.6 Å². The molecule has 0 bridgehead atoms. The number of sulfonamides is 1. The molecule has 0 aliphatic carbocycles. The van der Waals surface area contributed by atoms with Crippen LogP contribution >= 0.6 is 0 Å². The summed E-state index contributed by atoms with van der Waals surface area (Å²) in [7, 11) is -3.63. The van der Waals surface area contributed by atoms with Crippen molar-refractivity contribution in [3.63, 3.8) is 0 Å². The molecule has 0 N–H and O–H groups in total. The summed E-state index contributed by atoms with van der Waals surface area (Å²) in [5, 5.41) is 4.00. The van der Waals surface area contributed by atoms with Crippen LogP contribution in [0.3, 0.4) is 0 Å². The summed E-state index contributed by atoms with van der Waals surface area (Å²) in [5.74, 6) is 0.755. The summed E-state index contributed by atoms with van der Waals surface area (Å²) < 4.78 is 32.8. The van der Waals surface area contributed by atoms with Crippen molar-refractivity contribution in [2.24, 2.45) is 0 Å². The summed E-state index contributed by atoms with van der Waals surface area (Å²) >= 11 is 0. The first-order chi connectivity index (χ1) is 12.5. The van der Waals surface area contributed by atoms with E-state index < -0.39 is 10.0 Å². The summed E-state index contributed by atoms with van der Waals surface area (Å²) in [6.07, 6.45) is 2.90. The lowest BCUT2D eigenvalue weighted by Gasteiger charge is -2.23. The molecule has 2 saturated heterocycles. The average Bonchev–Trinajstić information content (AvgIpc) is 3.35. The third-order valence-corrected chi connectivity index (χ3v) is 6.94. The summed E-state index contributed by atoms with van der Waals surface area (Å²) in [4.78, 5) is 13.8. The lowest BCUT2D eigenvalue weighted by atomic mass is 10.1. The Morgan fingerprint density at radius 3 is 2.54 bits per heavy atom. The van der Waals surface area contributed by atoms with Crippen molar-refractivity contribution in [1.82, 2.24) is 9.46 Å². The van der Waals surface area contributed by atoms with Crippen LogP contribution in [-0.2, 0) is 14.8 Å². The van der Waals surface area contributed by atoms with Crippen LogP contribution in [0, 0.1) is 6.92 Å². The van der Waals surface area contributed by atoms with Gasteiger partial charge in [0.1, 0.15) is 11.5 Å². The number of aromatic nitrogens is 1. The number of carbonyl (C=O) groups is 1. The Morgan fingerprint density at radius 1 is 1.15 bits per heavy atom. The van der Waals surface area contributed by atoms with E-state index in [0.717, 1.165) is 24.9 Å². The lowest BCUT2D eigenvalue weighted by molar-refractivity contribution is -0.117. The number of nitrogens with zero attached hydrogens (tertiary/aromatic N) is 3. The second kappa shape index (κ2) is 6.51. The number of rotatable bonds is 4. The highest BCUT2D eigenvalue weighted by Gasteiger charge is 2.37. The molecule has 0 saturated carbocycles. The Balaban J connectivity index is 1.60. The normalized spacial score (nSPS) is 21.7. The van der Waals surface area contributed by atoms with E-state index in [9.17, 15) is 13.2 Å². The van der Waals surface area contributed by atoms with E-state index in [1.807, 2.05) is 0 Å². The highest BCUT2D eigenvalue weighted by Crippen LogP contribution is 2.36. The Morgan fingerprint density at radius 2 is 1.92 bits per heavy atom. The van der Waals surface area contributed by atoms with E-state index in [2.05, 4.69) is 5.16 Å². The van der Waals surface area contributed by atoms with Gasteiger partial charge in [0.25, 0.3) is 0 Å². The minimum absolute atomic E-state index is 0.0848. The first-order valence-corrected chi connectivity index (χ1v) is 10.3. The number of hydrogen-bond donors (Lipinski definition) is 0. The maximum absolute atomic E-state index is 13.1. The predicted octanol–water partition coefficient (Wildman–Crippen LogP) is 2.64. The minimum atomic E-state index is -3.63. The van der Waals surface area contributed by atoms with E-state index in [-0.39, 0.29) is 16.8 Å². The molecule has 0 spiro atoms. The van der Waals surface area contributed by atoms with Crippen LogP contribution in [0.5, 0.6) is 0 Å². The second-order valence-electron chi connectivity index (χ2n) is 6.78. The molecule has 1 unspecified atom stereocenters. The number of amides is 1. The first kappa shape index (κ1) is 17.2. The molecular weight excluding hydrogens is 354 g/mol. The molecule has 2 aliphatic rings. The van der Waals surface area contributed by atoms with Crippen LogP contribution in [0.2, 0.25) is 0 Å². The minimum Gasteiger partial charge on any atom is -0.361 e. The molecule has 138 valence electrons. The maximum atomic E-state index is 13.1. The number of hydrogen-bond acceptors (Lipinski definition) is 5. The monoisotopic (exact) mass is 375 g/mol. The Kier molecular flexibility index (Phi) is 4.32. The van der Waals surface area contributed by atoms with Crippen LogP contribution in [0.25, 0.3) is 0 Å². The molecule has 1 aromatic heterocycles. The van der Waals surface area contributed by atoms with Gasteiger partial charge in [-0.05, 0) is 50.5 Å².